The zero-order valence-electron chi connectivity index (χ0n) is 19.0. The van der Waals surface area contributed by atoms with Gasteiger partial charge in [0, 0.05) is 0 Å². The highest BCUT2D eigenvalue weighted by atomic mass is 16.6. The fourth-order valence-electron chi connectivity index (χ4n) is 3.53. The van der Waals surface area contributed by atoms with E-state index in [2.05, 4.69) is 10.5 Å². The molecule has 35 heavy (non-hydrogen) atoms. The van der Waals surface area contributed by atoms with Crippen LogP contribution in [0.3, 0.4) is 0 Å². The van der Waals surface area contributed by atoms with Gasteiger partial charge in [-0.1, -0.05) is 66.7 Å². The standard InChI is InChI=1S/C28H24N2O5/c1-2-34-25-17-19(18-29-30-27(32)26(31)21-10-4-3-5-11-21)15-16-24(25)35-28(33)23-14-8-12-20-9-6-7-13-22(20)23/h3-18,26,31H,2H2,1H3,(H,30,32)/b29-18-/t26-/m0/s1. The third-order valence-electron chi connectivity index (χ3n) is 5.23. The first-order valence-electron chi connectivity index (χ1n) is 11.1. The van der Waals surface area contributed by atoms with Crippen molar-refractivity contribution in [3.63, 3.8) is 0 Å². The van der Waals surface area contributed by atoms with E-state index in [-0.39, 0.29) is 5.75 Å². The van der Waals surface area contributed by atoms with Crippen molar-refractivity contribution >= 4 is 28.9 Å². The summed E-state index contributed by atoms with van der Waals surface area (Å²) in [5.74, 6) is -0.518. The second-order valence-corrected chi connectivity index (χ2v) is 7.60. The SMILES string of the molecule is CCOc1cc(/C=N\NC(=O)[C@@H](O)c2ccccc2)ccc1OC(=O)c1cccc2ccccc12. The van der Waals surface area contributed by atoms with Crippen LogP contribution in [0, 0.1) is 0 Å². The van der Waals surface area contributed by atoms with Gasteiger partial charge in [0.1, 0.15) is 0 Å². The summed E-state index contributed by atoms with van der Waals surface area (Å²) in [6.45, 7) is 2.18. The summed E-state index contributed by atoms with van der Waals surface area (Å²) in [5.41, 5.74) is 3.85. The summed E-state index contributed by atoms with van der Waals surface area (Å²) in [4.78, 5) is 25.1. The molecule has 0 spiro atoms. The molecule has 0 fully saturated rings. The van der Waals surface area contributed by atoms with Crippen molar-refractivity contribution in [1.82, 2.24) is 5.43 Å². The second-order valence-electron chi connectivity index (χ2n) is 7.60. The van der Waals surface area contributed by atoms with E-state index in [0.29, 0.717) is 29.0 Å². The number of hydrogen-bond acceptors (Lipinski definition) is 6. The monoisotopic (exact) mass is 468 g/mol. The maximum atomic E-state index is 12.9. The van der Waals surface area contributed by atoms with Gasteiger partial charge < -0.3 is 14.6 Å². The Labute approximate surface area is 202 Å². The minimum Gasteiger partial charge on any atom is -0.490 e. The van der Waals surface area contributed by atoms with Crippen LogP contribution in [-0.2, 0) is 4.79 Å². The molecule has 2 N–H and O–H groups in total. The topological polar surface area (TPSA) is 97.2 Å². The van der Waals surface area contributed by atoms with Gasteiger partial charge in [0.2, 0.25) is 0 Å². The number of hydrogen-bond donors (Lipinski definition) is 2. The van der Waals surface area contributed by atoms with Gasteiger partial charge in [-0.2, -0.15) is 5.10 Å². The lowest BCUT2D eigenvalue weighted by atomic mass is 10.0. The first-order chi connectivity index (χ1) is 17.1. The highest BCUT2D eigenvalue weighted by molar-refractivity contribution is 6.05. The van der Waals surface area contributed by atoms with E-state index < -0.39 is 18.0 Å². The lowest BCUT2D eigenvalue weighted by Gasteiger charge is -2.12. The van der Waals surface area contributed by atoms with Gasteiger partial charge in [0.05, 0.1) is 18.4 Å². The van der Waals surface area contributed by atoms with E-state index >= 15 is 0 Å². The molecule has 0 unspecified atom stereocenters. The highest BCUT2D eigenvalue weighted by Gasteiger charge is 2.17. The molecule has 4 aromatic rings. The van der Waals surface area contributed by atoms with Crippen LogP contribution in [0.2, 0.25) is 0 Å². The minimum absolute atomic E-state index is 0.269. The molecule has 0 saturated carbocycles. The van der Waals surface area contributed by atoms with E-state index in [1.807, 2.05) is 43.3 Å². The van der Waals surface area contributed by atoms with Crippen LogP contribution in [0.5, 0.6) is 11.5 Å². The van der Waals surface area contributed by atoms with Crippen LogP contribution in [-0.4, -0.2) is 29.8 Å². The molecule has 7 nitrogen and oxygen atoms in total. The molecule has 7 heteroatoms. The lowest BCUT2D eigenvalue weighted by molar-refractivity contribution is -0.129. The number of hydrazone groups is 1. The number of esters is 1. The average molecular weight is 469 g/mol. The largest absolute Gasteiger partial charge is 0.490 e. The van der Waals surface area contributed by atoms with E-state index in [1.165, 1.54) is 6.21 Å². The number of nitrogens with one attached hydrogen (secondary N) is 1. The van der Waals surface area contributed by atoms with Gasteiger partial charge in [0.15, 0.2) is 17.6 Å². The fourth-order valence-corrected chi connectivity index (χ4v) is 3.53. The predicted molar refractivity (Wildman–Crippen MR) is 134 cm³/mol. The highest BCUT2D eigenvalue weighted by Crippen LogP contribution is 2.30. The Hall–Kier alpha value is -4.49. The molecule has 0 heterocycles. The fraction of sp³-hybridized carbons (Fsp3) is 0.107. The Morgan fingerprint density at radius 1 is 0.943 bits per heavy atom. The van der Waals surface area contributed by atoms with Crippen molar-refractivity contribution in [2.75, 3.05) is 6.61 Å². The normalized spacial score (nSPS) is 11.8. The Kier molecular flexibility index (Phi) is 7.50. The summed E-state index contributed by atoms with van der Waals surface area (Å²) < 4.78 is 11.3. The molecular formula is C28H24N2O5. The molecule has 176 valence electrons. The smallest absolute Gasteiger partial charge is 0.344 e. The third kappa shape index (κ3) is 5.72. The number of carbonyl (C=O) groups excluding carboxylic acids is 2. The Morgan fingerprint density at radius 2 is 1.69 bits per heavy atom. The Morgan fingerprint density at radius 3 is 2.49 bits per heavy atom. The molecule has 0 bridgehead atoms. The molecule has 0 aliphatic heterocycles. The summed E-state index contributed by atoms with van der Waals surface area (Å²) in [5, 5.41) is 15.8. The van der Waals surface area contributed by atoms with E-state index in [0.717, 1.165) is 10.8 Å². The number of amides is 1. The predicted octanol–water partition coefficient (Wildman–Crippen LogP) is 4.64. The van der Waals surface area contributed by atoms with Crippen molar-refractivity contribution in [2.45, 2.75) is 13.0 Å². The van der Waals surface area contributed by atoms with E-state index in [9.17, 15) is 14.7 Å². The molecule has 4 aromatic carbocycles. The third-order valence-corrected chi connectivity index (χ3v) is 5.23. The number of carbonyl (C=O) groups is 2. The van der Waals surface area contributed by atoms with Gasteiger partial charge in [0.25, 0.3) is 5.91 Å². The molecule has 0 aliphatic carbocycles. The number of fused-ring (bicyclic) bond motifs is 1. The van der Waals surface area contributed by atoms with Crippen LogP contribution < -0.4 is 14.9 Å². The van der Waals surface area contributed by atoms with Gasteiger partial charge in [-0.05, 0) is 53.1 Å². The van der Waals surface area contributed by atoms with Gasteiger partial charge in [-0.25, -0.2) is 10.2 Å². The van der Waals surface area contributed by atoms with Crippen molar-refractivity contribution in [3.05, 3.63) is 108 Å². The molecule has 0 radical (unpaired) electrons. The number of rotatable bonds is 8. The molecule has 1 atom stereocenters. The number of ether oxygens (including phenoxy) is 2. The second kappa shape index (κ2) is 11.1. The van der Waals surface area contributed by atoms with Crippen LogP contribution >= 0.6 is 0 Å². The first kappa shape index (κ1) is 23.7. The minimum atomic E-state index is -1.33. The van der Waals surface area contributed by atoms with Gasteiger partial charge in [-0.3, -0.25) is 4.79 Å². The molecule has 1 amide bonds. The molecule has 0 saturated heterocycles. The molecule has 4 rings (SSSR count). The quantitative estimate of drug-likeness (QED) is 0.170. The zero-order chi connectivity index (χ0) is 24.6. The van der Waals surface area contributed by atoms with Crippen molar-refractivity contribution < 1.29 is 24.2 Å². The Bertz CT molecular complexity index is 1360. The maximum absolute atomic E-state index is 12.9. The summed E-state index contributed by atoms with van der Waals surface area (Å²) in [6.07, 6.45) is 0.0808. The maximum Gasteiger partial charge on any atom is 0.344 e. The first-order valence-corrected chi connectivity index (χ1v) is 11.1. The van der Waals surface area contributed by atoms with Crippen LogP contribution in [0.4, 0.5) is 0 Å². The Balaban J connectivity index is 1.47. The number of benzene rings is 4. The lowest BCUT2D eigenvalue weighted by Crippen LogP contribution is -2.25. The summed E-state index contributed by atoms with van der Waals surface area (Å²) in [7, 11) is 0. The van der Waals surface area contributed by atoms with Crippen LogP contribution in [0.15, 0.2) is 96.1 Å². The number of aliphatic hydroxyl groups excluding tert-OH is 1. The summed E-state index contributed by atoms with van der Waals surface area (Å²) in [6, 6.07) is 26.6. The van der Waals surface area contributed by atoms with E-state index in [1.54, 1.807) is 54.6 Å². The number of aliphatic hydroxyl groups is 1. The van der Waals surface area contributed by atoms with E-state index in [4.69, 9.17) is 9.47 Å². The molecule has 0 aliphatic rings. The van der Waals surface area contributed by atoms with Crippen molar-refractivity contribution in [2.24, 2.45) is 5.10 Å². The van der Waals surface area contributed by atoms with Crippen LogP contribution in [0.1, 0.15) is 34.5 Å². The zero-order valence-corrected chi connectivity index (χ0v) is 19.0. The van der Waals surface area contributed by atoms with Crippen molar-refractivity contribution in [1.29, 1.82) is 0 Å². The van der Waals surface area contributed by atoms with Gasteiger partial charge >= 0.3 is 5.97 Å². The van der Waals surface area contributed by atoms with Gasteiger partial charge in [-0.15, -0.1) is 0 Å². The van der Waals surface area contributed by atoms with Crippen LogP contribution in [0.25, 0.3) is 10.8 Å². The summed E-state index contributed by atoms with van der Waals surface area (Å²) >= 11 is 0. The number of nitrogens with zero attached hydrogens (tertiary/aromatic N) is 1. The molecule has 0 aromatic heterocycles. The molecular weight excluding hydrogens is 444 g/mol. The average Bonchev–Trinajstić information content (AvgIpc) is 2.89. The van der Waals surface area contributed by atoms with Crippen molar-refractivity contribution in [3.8, 4) is 11.5 Å².